The first-order valence-corrected chi connectivity index (χ1v) is 17.9. The molecule has 10 rings (SSSR count). The van der Waals surface area contributed by atoms with Gasteiger partial charge in [0.2, 0.25) is 0 Å². The second-order valence-electron chi connectivity index (χ2n) is 12.9. The molecule has 0 unspecified atom stereocenters. The van der Waals surface area contributed by atoms with E-state index >= 15 is 0 Å². The van der Waals surface area contributed by atoms with E-state index in [2.05, 4.69) is 193 Å². The second kappa shape index (κ2) is 11.7. The van der Waals surface area contributed by atoms with Crippen LogP contribution in [0.1, 0.15) is 0 Å². The minimum atomic E-state index is 1.16. The van der Waals surface area contributed by atoms with Gasteiger partial charge in [-0.25, -0.2) is 0 Å². The van der Waals surface area contributed by atoms with Crippen LogP contribution in [-0.2, 0) is 0 Å². The summed E-state index contributed by atoms with van der Waals surface area (Å²) in [6, 6.07) is 69.0. The quantitative estimate of drug-likeness (QED) is 0.179. The summed E-state index contributed by atoms with van der Waals surface area (Å²) < 4.78 is 5.12. The van der Waals surface area contributed by atoms with Crippen molar-refractivity contribution in [2.45, 2.75) is 0 Å². The molecule has 234 valence electrons. The molecule has 0 N–H and O–H groups in total. The maximum atomic E-state index is 2.53. The van der Waals surface area contributed by atoms with E-state index in [9.17, 15) is 0 Å². The van der Waals surface area contributed by atoms with E-state index in [1.54, 1.807) is 0 Å². The van der Waals surface area contributed by atoms with Crippen molar-refractivity contribution in [1.82, 2.24) is 4.57 Å². The number of thiophene rings is 1. The molecule has 0 radical (unpaired) electrons. The number of nitrogens with zero attached hydrogens (tertiary/aromatic N) is 1. The van der Waals surface area contributed by atoms with Gasteiger partial charge >= 0.3 is 0 Å². The summed E-state index contributed by atoms with van der Waals surface area (Å²) >= 11 is 1.88. The Hall–Kier alpha value is -6.22. The summed E-state index contributed by atoms with van der Waals surface area (Å²) in [5.74, 6) is 0. The Labute approximate surface area is 294 Å². The fourth-order valence-electron chi connectivity index (χ4n) is 7.72. The van der Waals surface area contributed by atoms with Gasteiger partial charge in [-0.15, -0.1) is 11.3 Å². The predicted molar refractivity (Wildman–Crippen MR) is 217 cm³/mol. The number of benzene rings is 8. The first-order valence-electron chi connectivity index (χ1n) is 17.1. The van der Waals surface area contributed by atoms with Crippen LogP contribution >= 0.6 is 11.3 Å². The molecule has 0 spiro atoms. The van der Waals surface area contributed by atoms with Gasteiger partial charge in [-0.1, -0.05) is 152 Å². The summed E-state index contributed by atoms with van der Waals surface area (Å²) in [4.78, 5) is 0. The predicted octanol–water partition coefficient (Wildman–Crippen LogP) is 13.9. The zero-order valence-corrected chi connectivity index (χ0v) is 28.1. The van der Waals surface area contributed by atoms with E-state index in [1.807, 2.05) is 11.3 Å². The van der Waals surface area contributed by atoms with Gasteiger partial charge in [0, 0.05) is 26.2 Å². The van der Waals surface area contributed by atoms with Crippen LogP contribution in [0.5, 0.6) is 0 Å². The molecular formula is C48H31NS. The smallest absolute Gasteiger partial charge is 0.0640 e. The molecule has 0 bridgehead atoms. The Morgan fingerprint density at radius 1 is 0.300 bits per heavy atom. The SMILES string of the molecule is c1ccc(-c2ccc3c(c2)c2ccccc2c2ccccc2c2cc(-c4ccccc4)ccc2n3-c2cccc3c2sc2ccccc23)cc1. The van der Waals surface area contributed by atoms with Gasteiger partial charge < -0.3 is 4.57 Å². The van der Waals surface area contributed by atoms with Crippen LogP contribution in [0.15, 0.2) is 188 Å². The average molecular weight is 654 g/mol. The van der Waals surface area contributed by atoms with Crippen LogP contribution in [-0.4, -0.2) is 4.57 Å². The summed E-state index contributed by atoms with van der Waals surface area (Å²) in [6.07, 6.45) is 0. The molecule has 0 amide bonds. The molecular weight excluding hydrogens is 623 g/mol. The summed E-state index contributed by atoms with van der Waals surface area (Å²) in [7, 11) is 0. The van der Waals surface area contributed by atoms with Crippen LogP contribution in [0.2, 0.25) is 0 Å². The van der Waals surface area contributed by atoms with Crippen LogP contribution in [0.3, 0.4) is 0 Å². The number of aromatic nitrogens is 1. The van der Waals surface area contributed by atoms with Crippen molar-refractivity contribution in [2.24, 2.45) is 0 Å². The molecule has 0 aliphatic rings. The third kappa shape index (κ3) is 4.61. The lowest BCUT2D eigenvalue weighted by molar-refractivity contribution is 1.19. The molecule has 2 heterocycles. The Balaban J connectivity index is 1.49. The summed E-state index contributed by atoms with van der Waals surface area (Å²) in [5.41, 5.74) is 8.31. The van der Waals surface area contributed by atoms with Crippen molar-refractivity contribution in [3.8, 4) is 27.9 Å². The molecule has 8 aromatic carbocycles. The third-order valence-electron chi connectivity index (χ3n) is 10.0. The van der Waals surface area contributed by atoms with Crippen molar-refractivity contribution in [3.63, 3.8) is 0 Å². The zero-order chi connectivity index (χ0) is 33.0. The highest BCUT2D eigenvalue weighted by Crippen LogP contribution is 2.41. The lowest BCUT2D eigenvalue weighted by atomic mass is 9.98. The van der Waals surface area contributed by atoms with Crippen LogP contribution in [0, 0.1) is 0 Å². The molecule has 50 heavy (non-hydrogen) atoms. The highest BCUT2D eigenvalue weighted by molar-refractivity contribution is 7.26. The fourth-order valence-corrected chi connectivity index (χ4v) is 8.92. The van der Waals surface area contributed by atoms with Crippen LogP contribution in [0.4, 0.5) is 0 Å². The van der Waals surface area contributed by atoms with E-state index in [4.69, 9.17) is 0 Å². The van der Waals surface area contributed by atoms with Crippen molar-refractivity contribution in [2.75, 3.05) is 0 Å². The Kier molecular flexibility index (Phi) is 6.75. The molecule has 0 atom stereocenters. The van der Waals surface area contributed by atoms with Gasteiger partial charge in [-0.05, 0) is 80.2 Å². The lowest BCUT2D eigenvalue weighted by Crippen LogP contribution is -1.98. The first kappa shape index (κ1) is 28.8. The Morgan fingerprint density at radius 2 is 0.740 bits per heavy atom. The fraction of sp³-hybridized carbons (Fsp3) is 0. The monoisotopic (exact) mass is 653 g/mol. The van der Waals surface area contributed by atoms with Crippen molar-refractivity contribution >= 4 is 74.9 Å². The van der Waals surface area contributed by atoms with Crippen LogP contribution < -0.4 is 0 Å². The molecule has 10 aromatic rings. The number of rotatable bonds is 3. The minimum Gasteiger partial charge on any atom is -0.308 e. The summed E-state index contributed by atoms with van der Waals surface area (Å²) in [6.45, 7) is 0. The van der Waals surface area contributed by atoms with Crippen molar-refractivity contribution < 1.29 is 0 Å². The largest absolute Gasteiger partial charge is 0.308 e. The third-order valence-corrected chi connectivity index (χ3v) is 11.2. The molecule has 2 heteroatoms. The molecule has 0 fully saturated rings. The van der Waals surface area contributed by atoms with Gasteiger partial charge in [0.25, 0.3) is 0 Å². The standard InChI is InChI=1S/C48H31NS/c1-3-14-32(15-4-1)34-26-28-44-42(30-34)38-20-9-7-18-36(38)37-19-8-10-21-39(37)43-31-35(33-16-5-2-6-17-33)27-29-45(43)49(44)46-24-13-23-41-40-22-11-12-25-47(40)50-48(41)46/h1-31H. The molecule has 0 aliphatic carbocycles. The van der Waals surface area contributed by atoms with E-state index < -0.39 is 0 Å². The normalized spacial score (nSPS) is 11.6. The van der Waals surface area contributed by atoms with Gasteiger partial charge in [0.05, 0.1) is 21.4 Å². The molecule has 0 saturated heterocycles. The zero-order valence-electron chi connectivity index (χ0n) is 27.3. The lowest BCUT2D eigenvalue weighted by Gasteiger charge is -2.16. The highest BCUT2D eigenvalue weighted by atomic mass is 32.1. The van der Waals surface area contributed by atoms with E-state index in [0.717, 1.165) is 11.0 Å². The van der Waals surface area contributed by atoms with E-state index in [1.165, 1.54) is 80.4 Å². The summed E-state index contributed by atoms with van der Waals surface area (Å²) in [5, 5.41) is 9.89. The Morgan fingerprint density at radius 3 is 1.28 bits per heavy atom. The molecule has 0 saturated carbocycles. The number of hydrogen-bond acceptors (Lipinski definition) is 1. The number of fused-ring (bicyclic) bond motifs is 10. The topological polar surface area (TPSA) is 4.93 Å². The second-order valence-corrected chi connectivity index (χ2v) is 13.9. The van der Waals surface area contributed by atoms with E-state index in [-0.39, 0.29) is 0 Å². The van der Waals surface area contributed by atoms with Crippen LogP contribution in [0.25, 0.3) is 91.5 Å². The van der Waals surface area contributed by atoms with Gasteiger partial charge in [0.1, 0.15) is 0 Å². The van der Waals surface area contributed by atoms with Gasteiger partial charge in [-0.2, -0.15) is 0 Å². The number of hydrogen-bond donors (Lipinski definition) is 0. The van der Waals surface area contributed by atoms with Crippen molar-refractivity contribution in [3.05, 3.63) is 188 Å². The maximum absolute atomic E-state index is 2.53. The molecule has 2 aromatic heterocycles. The van der Waals surface area contributed by atoms with E-state index in [0.29, 0.717) is 0 Å². The maximum Gasteiger partial charge on any atom is 0.0640 e. The van der Waals surface area contributed by atoms with Crippen molar-refractivity contribution in [1.29, 1.82) is 0 Å². The first-order chi connectivity index (χ1) is 24.8. The average Bonchev–Trinajstić information content (AvgIpc) is 3.59. The minimum absolute atomic E-state index is 1.16. The molecule has 1 nitrogen and oxygen atoms in total. The molecule has 0 aliphatic heterocycles. The van der Waals surface area contributed by atoms with Gasteiger partial charge in [0.15, 0.2) is 0 Å². The highest BCUT2D eigenvalue weighted by Gasteiger charge is 2.16. The Bertz CT molecular complexity index is 2820. The van der Waals surface area contributed by atoms with Gasteiger partial charge in [-0.3, -0.25) is 0 Å².